The van der Waals surface area contributed by atoms with Crippen LogP contribution in [0.2, 0.25) is 0 Å². The largest absolute Gasteiger partial charge is 0.504 e. The molecule has 2 aromatic carbocycles. The van der Waals surface area contributed by atoms with E-state index >= 15 is 0 Å². The molecule has 0 spiro atoms. The van der Waals surface area contributed by atoms with Gasteiger partial charge in [0.05, 0.1) is 40.1 Å². The zero-order chi connectivity index (χ0) is 40.0. The Morgan fingerprint density at radius 1 is 0.764 bits per heavy atom. The van der Waals surface area contributed by atoms with Gasteiger partial charge in [0.15, 0.2) is 48.0 Å². The fourth-order valence-corrected chi connectivity index (χ4v) is 6.18. The summed E-state index contributed by atoms with van der Waals surface area (Å²) >= 11 is 0. The Hall–Kier alpha value is -3.67. The minimum absolute atomic E-state index is 0.101. The van der Waals surface area contributed by atoms with Crippen molar-refractivity contribution in [2.24, 2.45) is 0 Å². The molecule has 2 aromatic rings. The smallest absolute Gasteiger partial charge is 0.331 e. The Kier molecular flexibility index (Phi) is 14.7. The van der Waals surface area contributed by atoms with Crippen molar-refractivity contribution >= 4 is 12.0 Å². The molecule has 0 aliphatic carbocycles. The van der Waals surface area contributed by atoms with Crippen molar-refractivity contribution in [1.29, 1.82) is 0 Å². The SMILES string of the molecule is COc1ccc(CCO[C@@H]2O[C@H](CO[C@H]3OC[C@H](O)[C@H](O)[C@H]3O)[C@@H](OC(=O)C=Cc3ccc(O)c(OC)c3)[C@H](O[C@@H]3O[C@@H](C)[C@H](O)[C@@H](O)[C@H]3O)[C@H]2O)cc1O. The molecule has 0 amide bonds. The quantitative estimate of drug-likeness (QED) is 0.0744. The highest BCUT2D eigenvalue weighted by Gasteiger charge is 2.53. The van der Waals surface area contributed by atoms with E-state index in [-0.39, 0.29) is 42.6 Å². The van der Waals surface area contributed by atoms with E-state index in [2.05, 4.69) is 0 Å². The van der Waals surface area contributed by atoms with Crippen LogP contribution in [-0.2, 0) is 44.4 Å². The second-order valence-electron chi connectivity index (χ2n) is 13.2. The highest BCUT2D eigenvalue weighted by Crippen LogP contribution is 2.33. The number of methoxy groups -OCH3 is 2. The molecule has 3 saturated heterocycles. The summed E-state index contributed by atoms with van der Waals surface area (Å²) in [5.74, 6) is -0.848. The number of hydrogen-bond donors (Lipinski definition) is 9. The highest BCUT2D eigenvalue weighted by molar-refractivity contribution is 5.87. The van der Waals surface area contributed by atoms with E-state index in [0.29, 0.717) is 11.1 Å². The van der Waals surface area contributed by atoms with Gasteiger partial charge in [-0.2, -0.15) is 0 Å². The number of carbonyl (C=O) groups excluding carboxylic acids is 1. The molecule has 3 aliphatic heterocycles. The molecule has 9 N–H and O–H groups in total. The number of aliphatic hydroxyl groups excluding tert-OH is 7. The van der Waals surface area contributed by atoms with Gasteiger partial charge in [0, 0.05) is 6.08 Å². The first-order valence-electron chi connectivity index (χ1n) is 17.4. The maximum absolute atomic E-state index is 13.4. The topological polar surface area (TPSA) is 282 Å². The summed E-state index contributed by atoms with van der Waals surface area (Å²) in [5.41, 5.74) is 1.06. The minimum atomic E-state index is -1.84. The number of rotatable bonds is 14. The van der Waals surface area contributed by atoms with Crippen molar-refractivity contribution in [2.45, 2.75) is 99.4 Å². The fourth-order valence-electron chi connectivity index (χ4n) is 6.18. The summed E-state index contributed by atoms with van der Waals surface area (Å²) < 4.78 is 50.6. The maximum atomic E-state index is 13.4. The van der Waals surface area contributed by atoms with Gasteiger partial charge in [-0.15, -0.1) is 0 Å². The fraction of sp³-hybridized carbons (Fsp3) is 0.583. The molecule has 0 bridgehead atoms. The molecule has 3 heterocycles. The second-order valence-corrected chi connectivity index (χ2v) is 13.2. The van der Waals surface area contributed by atoms with Crippen molar-refractivity contribution in [3.05, 3.63) is 53.6 Å². The Morgan fingerprint density at radius 2 is 1.49 bits per heavy atom. The Bertz CT molecular complexity index is 1590. The number of ether oxygens (including phenoxy) is 9. The zero-order valence-electron chi connectivity index (χ0n) is 30.1. The van der Waals surface area contributed by atoms with Crippen molar-refractivity contribution in [2.75, 3.05) is 34.0 Å². The van der Waals surface area contributed by atoms with Crippen LogP contribution in [0.4, 0.5) is 0 Å². The van der Waals surface area contributed by atoms with Crippen LogP contribution in [0.5, 0.6) is 23.0 Å². The number of aliphatic hydroxyl groups is 7. The average Bonchev–Trinajstić information content (AvgIpc) is 3.17. The predicted octanol–water partition coefficient (Wildman–Crippen LogP) is -1.95. The standard InChI is InChI=1S/C36H48O19/c1-16-26(41)28(43)30(45)36(52-16)55-33-31(46)35(49-11-10-18-5-8-22(47-2)20(38)12-18)53-24(15-51-34-29(44)27(42)21(39)14-50-34)32(33)54-25(40)9-6-17-4-7-19(37)23(13-17)48-3/h4-9,12-13,16,21,24,26-39,41-46H,10-11,14-15H2,1-3H3/t16-,21-,24+,26-,27-,28+,29+,30+,31+,32+,33+,34+,35+,36-/m0/s1. The van der Waals surface area contributed by atoms with Gasteiger partial charge in [-0.3, -0.25) is 0 Å². The normalized spacial score (nSPS) is 35.4. The number of esters is 1. The van der Waals surface area contributed by atoms with Crippen LogP contribution in [-0.4, -0.2) is 172 Å². The lowest BCUT2D eigenvalue weighted by atomic mass is 9.96. The first-order valence-corrected chi connectivity index (χ1v) is 17.4. The minimum Gasteiger partial charge on any atom is -0.504 e. The molecule has 306 valence electrons. The number of phenols is 2. The van der Waals surface area contributed by atoms with Crippen LogP contribution < -0.4 is 9.47 Å². The summed E-state index contributed by atoms with van der Waals surface area (Å²) in [7, 11) is 2.75. The average molecular weight is 785 g/mol. The molecular weight excluding hydrogens is 736 g/mol. The molecule has 19 heteroatoms. The Balaban J connectivity index is 1.42. The molecule has 14 atom stereocenters. The van der Waals surface area contributed by atoms with Gasteiger partial charge >= 0.3 is 5.97 Å². The number of benzene rings is 2. The molecule has 0 aromatic heterocycles. The molecule has 0 unspecified atom stereocenters. The molecular formula is C36H48O19. The van der Waals surface area contributed by atoms with Crippen molar-refractivity contribution in [1.82, 2.24) is 0 Å². The van der Waals surface area contributed by atoms with E-state index in [0.717, 1.165) is 6.08 Å². The van der Waals surface area contributed by atoms with Gasteiger partial charge in [0.25, 0.3) is 0 Å². The summed E-state index contributed by atoms with van der Waals surface area (Å²) in [6, 6.07) is 9.00. The Morgan fingerprint density at radius 3 is 2.20 bits per heavy atom. The second kappa shape index (κ2) is 19.0. The molecule has 5 rings (SSSR count). The number of hydrogen-bond acceptors (Lipinski definition) is 19. The number of aromatic hydroxyl groups is 2. The summed E-state index contributed by atoms with van der Waals surface area (Å²) in [5, 5.41) is 93.9. The first-order chi connectivity index (χ1) is 26.2. The van der Waals surface area contributed by atoms with Gasteiger partial charge in [-0.05, 0) is 54.8 Å². The molecule has 55 heavy (non-hydrogen) atoms. The first kappa shape index (κ1) is 42.5. The lowest BCUT2D eigenvalue weighted by molar-refractivity contribution is -0.362. The molecule has 19 nitrogen and oxygen atoms in total. The van der Waals surface area contributed by atoms with E-state index in [9.17, 15) is 50.8 Å². The third-order valence-corrected chi connectivity index (χ3v) is 9.38. The van der Waals surface area contributed by atoms with Crippen molar-refractivity contribution in [3.8, 4) is 23.0 Å². The van der Waals surface area contributed by atoms with E-state index < -0.39 is 98.6 Å². The third kappa shape index (κ3) is 10.2. The van der Waals surface area contributed by atoms with Gasteiger partial charge in [-0.1, -0.05) is 12.1 Å². The maximum Gasteiger partial charge on any atom is 0.331 e. The molecule has 0 radical (unpaired) electrons. The Labute approximate surface area is 315 Å². The lowest BCUT2D eigenvalue weighted by Gasteiger charge is -2.47. The summed E-state index contributed by atoms with van der Waals surface area (Å²) in [6.07, 6.45) is -19.4. The number of phenolic OH excluding ortho intramolecular Hbond substituents is 2. The van der Waals surface area contributed by atoms with Crippen molar-refractivity contribution in [3.63, 3.8) is 0 Å². The monoisotopic (exact) mass is 784 g/mol. The van der Waals surface area contributed by atoms with Crippen LogP contribution in [0.15, 0.2) is 42.5 Å². The molecule has 3 aliphatic rings. The van der Waals surface area contributed by atoms with Crippen LogP contribution in [0.3, 0.4) is 0 Å². The lowest BCUT2D eigenvalue weighted by Crippen LogP contribution is -2.65. The predicted molar refractivity (Wildman–Crippen MR) is 183 cm³/mol. The van der Waals surface area contributed by atoms with Crippen LogP contribution in [0.1, 0.15) is 18.1 Å². The third-order valence-electron chi connectivity index (χ3n) is 9.38. The summed E-state index contributed by atoms with van der Waals surface area (Å²) in [6.45, 7) is 0.361. The van der Waals surface area contributed by atoms with E-state index in [1.807, 2.05) is 0 Å². The molecule has 3 fully saturated rings. The van der Waals surface area contributed by atoms with Crippen LogP contribution in [0.25, 0.3) is 6.08 Å². The van der Waals surface area contributed by atoms with Gasteiger partial charge < -0.3 is 88.6 Å². The van der Waals surface area contributed by atoms with Gasteiger partial charge in [-0.25, -0.2) is 4.79 Å². The highest BCUT2D eigenvalue weighted by atomic mass is 16.8. The summed E-state index contributed by atoms with van der Waals surface area (Å²) in [4.78, 5) is 13.4. The van der Waals surface area contributed by atoms with Crippen LogP contribution in [0, 0.1) is 0 Å². The molecule has 0 saturated carbocycles. The number of carbonyl (C=O) groups is 1. The van der Waals surface area contributed by atoms with Gasteiger partial charge in [0.2, 0.25) is 0 Å². The van der Waals surface area contributed by atoms with Crippen molar-refractivity contribution < 1.29 is 93.4 Å². The van der Waals surface area contributed by atoms with E-state index in [1.54, 1.807) is 12.1 Å². The van der Waals surface area contributed by atoms with E-state index in [1.165, 1.54) is 51.5 Å². The van der Waals surface area contributed by atoms with Crippen LogP contribution >= 0.6 is 0 Å². The van der Waals surface area contributed by atoms with Gasteiger partial charge in [0.1, 0.15) is 54.9 Å². The van der Waals surface area contributed by atoms with E-state index in [4.69, 9.17) is 42.6 Å². The zero-order valence-corrected chi connectivity index (χ0v) is 30.1.